The van der Waals surface area contributed by atoms with Gasteiger partial charge in [-0.15, -0.1) is 0 Å². The highest BCUT2D eigenvalue weighted by Gasteiger charge is 2.19. The van der Waals surface area contributed by atoms with Gasteiger partial charge in [0.05, 0.1) is 11.6 Å². The predicted octanol–water partition coefficient (Wildman–Crippen LogP) is 3.92. The fourth-order valence-electron chi connectivity index (χ4n) is 2.45. The zero-order valence-electron chi connectivity index (χ0n) is 12.7. The summed E-state index contributed by atoms with van der Waals surface area (Å²) in [6.45, 7) is 0. The number of aromatic nitrogens is 2. The first-order valence-corrected chi connectivity index (χ1v) is 7.80. The summed E-state index contributed by atoms with van der Waals surface area (Å²) in [4.78, 5) is 19.7. The molecule has 2 N–H and O–H groups in total. The molecule has 1 amide bonds. The van der Waals surface area contributed by atoms with Crippen LogP contribution in [0, 0.1) is 5.82 Å². The summed E-state index contributed by atoms with van der Waals surface area (Å²) in [5.41, 5.74) is 0.826. The lowest BCUT2D eigenvalue weighted by molar-refractivity contribution is 0.0932. The van der Waals surface area contributed by atoms with Crippen molar-refractivity contribution in [3.05, 3.63) is 88.7 Å². The van der Waals surface area contributed by atoms with Crippen molar-refractivity contribution in [3.8, 4) is 0 Å². The number of hydrogen-bond acceptors (Lipinski definition) is 2. The van der Waals surface area contributed by atoms with Crippen molar-refractivity contribution < 1.29 is 9.18 Å². The number of imidazole rings is 1. The van der Waals surface area contributed by atoms with Gasteiger partial charge in [0.15, 0.2) is 0 Å². The molecule has 0 aliphatic carbocycles. The maximum atomic E-state index is 13.9. The molecule has 0 radical (unpaired) electrons. The van der Waals surface area contributed by atoms with Gasteiger partial charge in [0.1, 0.15) is 11.6 Å². The number of carbonyl (C=O) groups is 1. The lowest BCUT2D eigenvalue weighted by Gasteiger charge is -2.18. The Kier molecular flexibility index (Phi) is 4.91. The van der Waals surface area contributed by atoms with Crippen LogP contribution >= 0.6 is 11.6 Å². The van der Waals surface area contributed by atoms with Crippen LogP contribution in [0.2, 0.25) is 5.02 Å². The number of H-pyrrole nitrogens is 1. The smallest absolute Gasteiger partial charge is 0.254 e. The number of amides is 1. The van der Waals surface area contributed by atoms with Gasteiger partial charge in [0.2, 0.25) is 0 Å². The van der Waals surface area contributed by atoms with Crippen molar-refractivity contribution >= 4 is 17.5 Å². The second kappa shape index (κ2) is 7.27. The van der Waals surface area contributed by atoms with Gasteiger partial charge in [0.25, 0.3) is 5.91 Å². The molecular weight excluding hydrogens is 329 g/mol. The van der Waals surface area contributed by atoms with Crippen LogP contribution in [0.25, 0.3) is 0 Å². The topological polar surface area (TPSA) is 57.8 Å². The van der Waals surface area contributed by atoms with E-state index >= 15 is 0 Å². The van der Waals surface area contributed by atoms with E-state index < -0.39 is 11.7 Å². The SMILES string of the molecule is O=C(N[C@@H](Cc1ncc[nH]1)c1ccccc1)c1cc(Cl)ccc1F. The van der Waals surface area contributed by atoms with Crippen molar-refractivity contribution in [1.29, 1.82) is 0 Å². The minimum absolute atomic E-state index is 0.0807. The Morgan fingerprint density at radius 3 is 2.75 bits per heavy atom. The van der Waals surface area contributed by atoms with Gasteiger partial charge in [-0.25, -0.2) is 9.37 Å². The third-order valence-corrected chi connectivity index (χ3v) is 3.87. The highest BCUT2D eigenvalue weighted by Crippen LogP contribution is 2.20. The summed E-state index contributed by atoms with van der Waals surface area (Å²) in [5.74, 6) is -0.396. The second-order valence-electron chi connectivity index (χ2n) is 5.30. The quantitative estimate of drug-likeness (QED) is 0.737. The molecule has 3 aromatic rings. The Morgan fingerprint density at radius 2 is 2.04 bits per heavy atom. The molecule has 1 atom stereocenters. The summed E-state index contributed by atoms with van der Waals surface area (Å²) in [6.07, 6.45) is 3.83. The van der Waals surface area contributed by atoms with Gasteiger partial charge < -0.3 is 10.3 Å². The van der Waals surface area contributed by atoms with E-state index in [1.807, 2.05) is 30.3 Å². The molecule has 0 spiro atoms. The molecule has 4 nitrogen and oxygen atoms in total. The lowest BCUT2D eigenvalue weighted by atomic mass is 10.0. The first-order chi connectivity index (χ1) is 11.6. The van der Waals surface area contributed by atoms with Crippen LogP contribution in [0.3, 0.4) is 0 Å². The number of nitrogens with zero attached hydrogens (tertiary/aromatic N) is 1. The van der Waals surface area contributed by atoms with Gasteiger partial charge in [-0.1, -0.05) is 41.9 Å². The maximum absolute atomic E-state index is 13.9. The molecule has 0 aliphatic rings. The Morgan fingerprint density at radius 1 is 1.25 bits per heavy atom. The standard InChI is InChI=1S/C18H15ClFN3O/c19-13-6-7-15(20)14(10-13)18(24)23-16(11-17-21-8-9-22-17)12-4-2-1-3-5-12/h1-10,16H,11H2,(H,21,22)(H,23,24)/t16-/m0/s1. The Labute approximate surface area is 143 Å². The van der Waals surface area contributed by atoms with E-state index in [-0.39, 0.29) is 11.6 Å². The third kappa shape index (κ3) is 3.81. The van der Waals surface area contributed by atoms with Gasteiger partial charge in [-0.3, -0.25) is 4.79 Å². The molecule has 0 saturated carbocycles. The van der Waals surface area contributed by atoms with Crippen molar-refractivity contribution in [2.24, 2.45) is 0 Å². The van der Waals surface area contributed by atoms with Crippen LogP contribution in [0.4, 0.5) is 4.39 Å². The van der Waals surface area contributed by atoms with Crippen molar-refractivity contribution in [2.45, 2.75) is 12.5 Å². The fraction of sp³-hybridized carbons (Fsp3) is 0.111. The number of hydrogen-bond donors (Lipinski definition) is 2. The second-order valence-corrected chi connectivity index (χ2v) is 5.74. The fourth-order valence-corrected chi connectivity index (χ4v) is 2.62. The number of aromatic amines is 1. The van der Waals surface area contributed by atoms with Crippen LogP contribution in [-0.4, -0.2) is 15.9 Å². The van der Waals surface area contributed by atoms with Crippen LogP contribution < -0.4 is 5.32 Å². The molecule has 24 heavy (non-hydrogen) atoms. The molecule has 2 aromatic carbocycles. The lowest BCUT2D eigenvalue weighted by Crippen LogP contribution is -2.30. The normalized spacial score (nSPS) is 11.9. The zero-order valence-corrected chi connectivity index (χ0v) is 13.4. The Balaban J connectivity index is 1.86. The monoisotopic (exact) mass is 343 g/mol. The first-order valence-electron chi connectivity index (χ1n) is 7.42. The first kappa shape index (κ1) is 16.2. The number of halogens is 2. The van der Waals surface area contributed by atoms with Crippen LogP contribution in [0.1, 0.15) is 27.8 Å². The molecule has 0 bridgehead atoms. The molecular formula is C18H15ClFN3O. The molecule has 122 valence electrons. The zero-order chi connectivity index (χ0) is 16.9. The van der Waals surface area contributed by atoms with E-state index in [0.29, 0.717) is 11.4 Å². The van der Waals surface area contributed by atoms with Gasteiger partial charge >= 0.3 is 0 Å². The molecule has 1 heterocycles. The summed E-state index contributed by atoms with van der Waals surface area (Å²) in [6, 6.07) is 13.0. The Bertz CT molecular complexity index is 822. The van der Waals surface area contributed by atoms with Crippen LogP contribution in [-0.2, 0) is 6.42 Å². The third-order valence-electron chi connectivity index (χ3n) is 3.63. The van der Waals surface area contributed by atoms with Gasteiger partial charge in [0, 0.05) is 23.8 Å². The number of carbonyl (C=O) groups excluding carboxylic acids is 1. The van der Waals surface area contributed by atoms with Crippen LogP contribution in [0.5, 0.6) is 0 Å². The molecule has 1 aromatic heterocycles. The van der Waals surface area contributed by atoms with Crippen LogP contribution in [0.15, 0.2) is 60.9 Å². The maximum Gasteiger partial charge on any atom is 0.254 e. The van der Waals surface area contributed by atoms with E-state index in [0.717, 1.165) is 11.4 Å². The average molecular weight is 344 g/mol. The summed E-state index contributed by atoms with van der Waals surface area (Å²) >= 11 is 5.87. The average Bonchev–Trinajstić information content (AvgIpc) is 3.10. The summed E-state index contributed by atoms with van der Waals surface area (Å²) < 4.78 is 13.9. The van der Waals surface area contributed by atoms with Gasteiger partial charge in [-0.2, -0.15) is 0 Å². The van der Waals surface area contributed by atoms with E-state index in [9.17, 15) is 9.18 Å². The van der Waals surface area contributed by atoms with Crippen molar-refractivity contribution in [2.75, 3.05) is 0 Å². The minimum atomic E-state index is -0.610. The van der Waals surface area contributed by atoms with E-state index in [2.05, 4.69) is 15.3 Å². The summed E-state index contributed by atoms with van der Waals surface area (Å²) in [5, 5.41) is 3.17. The number of benzene rings is 2. The minimum Gasteiger partial charge on any atom is -0.349 e. The molecule has 0 unspecified atom stereocenters. The van der Waals surface area contributed by atoms with E-state index in [1.54, 1.807) is 12.4 Å². The van der Waals surface area contributed by atoms with Crippen molar-refractivity contribution in [1.82, 2.24) is 15.3 Å². The van der Waals surface area contributed by atoms with Gasteiger partial charge in [-0.05, 0) is 23.8 Å². The Hall–Kier alpha value is -2.66. The van der Waals surface area contributed by atoms with E-state index in [1.165, 1.54) is 18.2 Å². The van der Waals surface area contributed by atoms with E-state index in [4.69, 9.17) is 11.6 Å². The molecule has 6 heteroatoms. The molecule has 0 saturated heterocycles. The van der Waals surface area contributed by atoms with Crippen molar-refractivity contribution in [3.63, 3.8) is 0 Å². The molecule has 0 fully saturated rings. The highest BCUT2D eigenvalue weighted by atomic mass is 35.5. The molecule has 3 rings (SSSR count). The number of nitrogens with one attached hydrogen (secondary N) is 2. The molecule has 0 aliphatic heterocycles. The predicted molar refractivity (Wildman–Crippen MR) is 90.4 cm³/mol. The number of rotatable bonds is 5. The highest BCUT2D eigenvalue weighted by molar-refractivity contribution is 6.31. The largest absolute Gasteiger partial charge is 0.349 e. The summed E-state index contributed by atoms with van der Waals surface area (Å²) in [7, 11) is 0.